The molecule has 0 radical (unpaired) electrons. The molecule has 5 heteroatoms. The second-order valence-corrected chi connectivity index (χ2v) is 5.85. The smallest absolute Gasteiger partial charge is 0.263 e. The Morgan fingerprint density at radius 1 is 1.52 bits per heavy atom. The number of carbonyl (C=O) groups excluding carboxylic acids is 1. The fraction of sp³-hybridized carbons (Fsp3) is 0.562. The van der Waals surface area contributed by atoms with Crippen molar-refractivity contribution in [2.24, 2.45) is 5.92 Å². The molecule has 1 fully saturated rings. The monoisotopic (exact) mass is 310 g/mol. The molecular weight excluding hydrogens is 288 g/mol. The first-order valence-electron chi connectivity index (χ1n) is 7.50. The molecule has 116 valence electrons. The number of benzene rings is 1. The average molecular weight is 311 g/mol. The van der Waals surface area contributed by atoms with Gasteiger partial charge < -0.3 is 15.0 Å². The number of likely N-dealkylation sites (tertiary alicyclic amines) is 1. The van der Waals surface area contributed by atoms with E-state index < -0.39 is 6.10 Å². The predicted octanol–water partition coefficient (Wildman–Crippen LogP) is 2.57. The van der Waals surface area contributed by atoms with Crippen molar-refractivity contribution in [2.45, 2.75) is 25.9 Å². The molecule has 1 amide bonds. The highest BCUT2D eigenvalue weighted by Crippen LogP contribution is 2.26. The number of hydrogen-bond acceptors (Lipinski definition) is 3. The maximum atomic E-state index is 12.6. The van der Waals surface area contributed by atoms with Crippen LogP contribution < -0.4 is 10.1 Å². The summed E-state index contributed by atoms with van der Waals surface area (Å²) in [5, 5.41) is 3.71. The molecule has 2 atom stereocenters. The van der Waals surface area contributed by atoms with E-state index in [2.05, 4.69) is 5.32 Å². The van der Waals surface area contributed by atoms with Gasteiger partial charge in [0.2, 0.25) is 0 Å². The molecule has 1 aromatic carbocycles. The first kappa shape index (κ1) is 16.1. The second kappa shape index (κ2) is 7.66. The number of carbonyl (C=O) groups is 1. The number of halogens is 1. The highest BCUT2D eigenvalue weighted by atomic mass is 35.5. The quantitative estimate of drug-likeness (QED) is 0.878. The fourth-order valence-corrected chi connectivity index (χ4v) is 2.87. The van der Waals surface area contributed by atoms with Gasteiger partial charge in [0.05, 0.1) is 5.02 Å². The van der Waals surface area contributed by atoms with Crippen molar-refractivity contribution in [3.63, 3.8) is 0 Å². The summed E-state index contributed by atoms with van der Waals surface area (Å²) in [7, 11) is 1.94. The summed E-state index contributed by atoms with van der Waals surface area (Å²) in [6.45, 7) is 4.53. The zero-order valence-corrected chi connectivity index (χ0v) is 13.4. The van der Waals surface area contributed by atoms with E-state index in [9.17, 15) is 4.79 Å². The molecule has 0 unspecified atom stereocenters. The normalized spacial score (nSPS) is 19.6. The van der Waals surface area contributed by atoms with Gasteiger partial charge >= 0.3 is 0 Å². The van der Waals surface area contributed by atoms with Crippen LogP contribution in [0.25, 0.3) is 0 Å². The van der Waals surface area contributed by atoms with Gasteiger partial charge in [-0.1, -0.05) is 30.7 Å². The summed E-state index contributed by atoms with van der Waals surface area (Å²) in [6.07, 6.45) is 1.23. The lowest BCUT2D eigenvalue weighted by atomic mass is 10.1. The number of amides is 1. The Morgan fingerprint density at radius 3 is 2.95 bits per heavy atom. The largest absolute Gasteiger partial charge is 0.479 e. The molecule has 1 heterocycles. The molecule has 0 bridgehead atoms. The molecule has 21 heavy (non-hydrogen) atoms. The third kappa shape index (κ3) is 4.11. The molecule has 2 rings (SSSR count). The minimum Gasteiger partial charge on any atom is -0.479 e. The summed E-state index contributed by atoms with van der Waals surface area (Å²) in [6, 6.07) is 7.27. The fourth-order valence-electron chi connectivity index (χ4n) is 2.69. The zero-order valence-electron chi connectivity index (χ0n) is 12.6. The summed E-state index contributed by atoms with van der Waals surface area (Å²) in [5.74, 6) is 1.18. The molecule has 0 saturated carbocycles. The topological polar surface area (TPSA) is 41.6 Å². The van der Waals surface area contributed by atoms with Gasteiger partial charge in [0, 0.05) is 13.1 Å². The molecule has 1 aliphatic rings. The Balaban J connectivity index is 1.98. The van der Waals surface area contributed by atoms with Gasteiger partial charge in [-0.05, 0) is 44.5 Å². The Bertz CT molecular complexity index is 481. The second-order valence-electron chi connectivity index (χ2n) is 5.44. The number of rotatable bonds is 6. The van der Waals surface area contributed by atoms with Crippen LogP contribution in [0, 0.1) is 5.92 Å². The number of ether oxygens (including phenoxy) is 1. The molecular formula is C16H23ClN2O2. The summed E-state index contributed by atoms with van der Waals surface area (Å²) in [4.78, 5) is 14.5. The van der Waals surface area contributed by atoms with Crippen LogP contribution >= 0.6 is 11.6 Å². The van der Waals surface area contributed by atoms with Gasteiger partial charge in [0.25, 0.3) is 5.91 Å². The SMILES string of the molecule is CC[C@@H](Oc1ccccc1Cl)C(=O)N1CC[C@@H](CNC)C1. The molecule has 0 aromatic heterocycles. The van der Waals surface area contributed by atoms with Crippen molar-refractivity contribution in [3.8, 4) is 5.75 Å². The number of para-hydroxylation sites is 1. The maximum Gasteiger partial charge on any atom is 0.263 e. The molecule has 0 spiro atoms. The van der Waals surface area contributed by atoms with Crippen LogP contribution in [-0.2, 0) is 4.79 Å². The van der Waals surface area contributed by atoms with E-state index in [0.717, 1.165) is 26.1 Å². The molecule has 0 aliphatic carbocycles. The van der Waals surface area contributed by atoms with Crippen molar-refractivity contribution in [3.05, 3.63) is 29.3 Å². The number of nitrogens with zero attached hydrogens (tertiary/aromatic N) is 1. The van der Waals surface area contributed by atoms with Gasteiger partial charge in [-0.25, -0.2) is 0 Å². The minimum atomic E-state index is -0.460. The summed E-state index contributed by atoms with van der Waals surface area (Å²) >= 11 is 6.10. The lowest BCUT2D eigenvalue weighted by Crippen LogP contribution is -2.41. The number of hydrogen-bond donors (Lipinski definition) is 1. The Labute approximate surface area is 131 Å². The van der Waals surface area contributed by atoms with Crippen LogP contribution in [0.2, 0.25) is 5.02 Å². The minimum absolute atomic E-state index is 0.0658. The molecule has 1 aromatic rings. The highest BCUT2D eigenvalue weighted by Gasteiger charge is 2.31. The Hall–Kier alpha value is -1.26. The van der Waals surface area contributed by atoms with Gasteiger partial charge in [0.1, 0.15) is 5.75 Å². The van der Waals surface area contributed by atoms with E-state index in [1.54, 1.807) is 12.1 Å². The van der Waals surface area contributed by atoms with Crippen LogP contribution in [0.15, 0.2) is 24.3 Å². The Morgan fingerprint density at radius 2 is 2.29 bits per heavy atom. The van der Waals surface area contributed by atoms with Crippen LogP contribution in [0.3, 0.4) is 0 Å². The van der Waals surface area contributed by atoms with Gasteiger partial charge in [-0.3, -0.25) is 4.79 Å². The van der Waals surface area contributed by atoms with Crippen molar-refractivity contribution < 1.29 is 9.53 Å². The first-order valence-corrected chi connectivity index (χ1v) is 7.88. The van der Waals surface area contributed by atoms with Gasteiger partial charge in [0.15, 0.2) is 6.10 Å². The average Bonchev–Trinajstić information content (AvgIpc) is 2.95. The van der Waals surface area contributed by atoms with E-state index in [1.807, 2.05) is 31.0 Å². The molecule has 4 nitrogen and oxygen atoms in total. The third-order valence-electron chi connectivity index (χ3n) is 3.84. The summed E-state index contributed by atoms with van der Waals surface area (Å²) < 4.78 is 5.83. The Kier molecular flexibility index (Phi) is 5.88. The van der Waals surface area contributed by atoms with Crippen LogP contribution in [0.1, 0.15) is 19.8 Å². The highest BCUT2D eigenvalue weighted by molar-refractivity contribution is 6.32. The standard InChI is InChI=1S/C16H23ClN2O2/c1-3-14(21-15-7-5-4-6-13(15)17)16(20)19-9-8-12(11-19)10-18-2/h4-7,12,14,18H,3,8-11H2,1-2H3/t12-,14+/m0/s1. The first-order chi connectivity index (χ1) is 10.2. The molecule has 1 aliphatic heterocycles. The number of nitrogens with one attached hydrogen (secondary N) is 1. The third-order valence-corrected chi connectivity index (χ3v) is 4.15. The van der Waals surface area contributed by atoms with Crippen molar-refractivity contribution in [1.29, 1.82) is 0 Å². The van der Waals surface area contributed by atoms with Gasteiger partial charge in [-0.15, -0.1) is 0 Å². The van der Waals surface area contributed by atoms with E-state index >= 15 is 0 Å². The van der Waals surface area contributed by atoms with Crippen molar-refractivity contribution in [1.82, 2.24) is 10.2 Å². The van der Waals surface area contributed by atoms with Crippen molar-refractivity contribution in [2.75, 3.05) is 26.7 Å². The van der Waals surface area contributed by atoms with Crippen LogP contribution in [-0.4, -0.2) is 43.6 Å². The maximum absolute atomic E-state index is 12.6. The van der Waals surface area contributed by atoms with Crippen molar-refractivity contribution >= 4 is 17.5 Å². The van der Waals surface area contributed by atoms with Gasteiger partial charge in [-0.2, -0.15) is 0 Å². The van der Waals surface area contributed by atoms with E-state index in [1.165, 1.54) is 0 Å². The predicted molar refractivity (Wildman–Crippen MR) is 84.8 cm³/mol. The van der Waals surface area contributed by atoms with E-state index in [-0.39, 0.29) is 5.91 Å². The van der Waals surface area contributed by atoms with Crippen LogP contribution in [0.5, 0.6) is 5.75 Å². The zero-order chi connectivity index (χ0) is 15.2. The lowest BCUT2D eigenvalue weighted by molar-refractivity contribution is -0.137. The molecule has 1 N–H and O–H groups in total. The van der Waals surface area contributed by atoms with Crippen LogP contribution in [0.4, 0.5) is 0 Å². The lowest BCUT2D eigenvalue weighted by Gasteiger charge is -2.24. The summed E-state index contributed by atoms with van der Waals surface area (Å²) in [5.41, 5.74) is 0. The molecule has 1 saturated heterocycles. The van der Waals surface area contributed by atoms with E-state index in [4.69, 9.17) is 16.3 Å². The van der Waals surface area contributed by atoms with E-state index in [0.29, 0.717) is 23.1 Å².